The summed E-state index contributed by atoms with van der Waals surface area (Å²) in [6.45, 7) is 0. The molecule has 0 saturated heterocycles. The average molecular weight is 268 g/mol. The van der Waals surface area contributed by atoms with Gasteiger partial charge in [-0.2, -0.15) is 0 Å². The largest absolute Gasteiger partial charge is 0.0762 e. The van der Waals surface area contributed by atoms with Gasteiger partial charge in [-0.3, -0.25) is 0 Å². The van der Waals surface area contributed by atoms with Crippen LogP contribution in [0.2, 0.25) is 0 Å². The van der Waals surface area contributed by atoms with Gasteiger partial charge in [0.1, 0.15) is 0 Å². The molecule has 2 heteroatoms. The van der Waals surface area contributed by atoms with Gasteiger partial charge in [-0.15, -0.1) is 0 Å². The lowest BCUT2D eigenvalue weighted by Crippen LogP contribution is -2.15. The highest BCUT2D eigenvalue weighted by molar-refractivity contribution is 9.24. The van der Waals surface area contributed by atoms with E-state index < -0.39 is 0 Å². The van der Waals surface area contributed by atoms with Crippen LogP contribution < -0.4 is 0 Å². The fourth-order valence-corrected chi connectivity index (χ4v) is 3.58. The van der Waals surface area contributed by atoms with Crippen LogP contribution in [0.3, 0.4) is 0 Å². The molecular weight excluding hydrogens is 256 g/mol. The molecule has 2 saturated carbocycles. The maximum absolute atomic E-state index is 3.62. The monoisotopic (exact) mass is 266 g/mol. The Morgan fingerprint density at radius 3 is 2.60 bits per heavy atom. The molecule has 0 amide bonds. The summed E-state index contributed by atoms with van der Waals surface area (Å²) in [4.78, 5) is 0. The van der Waals surface area contributed by atoms with E-state index in [4.69, 9.17) is 0 Å². The lowest BCUT2D eigenvalue weighted by Gasteiger charge is -2.22. The average Bonchev–Trinajstić information content (AvgIpc) is 2.63. The van der Waals surface area contributed by atoms with Gasteiger partial charge in [0.2, 0.25) is 0 Å². The van der Waals surface area contributed by atoms with Gasteiger partial charge in [0.05, 0.1) is 3.74 Å². The van der Waals surface area contributed by atoms with Crippen molar-refractivity contribution in [3.05, 3.63) is 0 Å². The van der Waals surface area contributed by atoms with Crippen molar-refractivity contribution in [2.75, 3.05) is 0 Å². The lowest BCUT2D eigenvalue weighted by atomic mass is 9.91. The van der Waals surface area contributed by atoms with Crippen molar-refractivity contribution >= 4 is 31.9 Å². The molecule has 0 nitrogen and oxygen atoms in total. The van der Waals surface area contributed by atoms with Crippen LogP contribution in [0, 0.1) is 17.8 Å². The zero-order valence-corrected chi connectivity index (χ0v) is 9.07. The van der Waals surface area contributed by atoms with E-state index in [1.54, 1.807) is 0 Å². The molecule has 0 spiro atoms. The van der Waals surface area contributed by atoms with E-state index in [0.29, 0.717) is 3.74 Å². The molecule has 0 aromatic heterocycles. The first-order chi connectivity index (χ1) is 4.79. The minimum atomic E-state index is 0.579. The molecule has 0 aliphatic heterocycles. The number of fused-ring (bicyclic) bond motifs is 1. The van der Waals surface area contributed by atoms with Crippen LogP contribution in [-0.2, 0) is 0 Å². The standard InChI is InChI=1S/C8H12Br2/c9-8(10)6-3-1-2-5-4-7(5)6/h5-8H,1-4H2/t5-,6+,7-/m0/s1. The number of hydrogen-bond donors (Lipinski definition) is 0. The van der Waals surface area contributed by atoms with Crippen LogP contribution in [0.4, 0.5) is 0 Å². The normalized spacial score (nSPS) is 45.3. The van der Waals surface area contributed by atoms with Crippen LogP contribution in [0.5, 0.6) is 0 Å². The Balaban J connectivity index is 1.96. The summed E-state index contributed by atoms with van der Waals surface area (Å²) in [5.41, 5.74) is 0. The fraction of sp³-hybridized carbons (Fsp3) is 1.00. The van der Waals surface area contributed by atoms with Crippen LogP contribution in [0.15, 0.2) is 0 Å². The van der Waals surface area contributed by atoms with Crippen molar-refractivity contribution in [2.24, 2.45) is 17.8 Å². The van der Waals surface area contributed by atoms with Crippen molar-refractivity contribution in [2.45, 2.75) is 29.4 Å². The zero-order valence-electron chi connectivity index (χ0n) is 5.89. The van der Waals surface area contributed by atoms with E-state index in [1.807, 2.05) is 0 Å². The molecule has 0 aromatic carbocycles. The molecule has 0 unspecified atom stereocenters. The van der Waals surface area contributed by atoms with Gasteiger partial charge >= 0.3 is 0 Å². The van der Waals surface area contributed by atoms with Gasteiger partial charge in [-0.05, 0) is 30.6 Å². The first-order valence-electron chi connectivity index (χ1n) is 4.07. The van der Waals surface area contributed by atoms with Crippen molar-refractivity contribution in [1.82, 2.24) is 0 Å². The predicted octanol–water partition coefficient (Wildman–Crippen LogP) is 3.54. The van der Waals surface area contributed by atoms with Gasteiger partial charge in [-0.25, -0.2) is 0 Å². The molecular formula is C8H12Br2. The van der Waals surface area contributed by atoms with Gasteiger partial charge in [0, 0.05) is 0 Å². The van der Waals surface area contributed by atoms with Crippen LogP contribution in [0.1, 0.15) is 25.7 Å². The summed E-state index contributed by atoms with van der Waals surface area (Å²) >= 11 is 7.24. The highest BCUT2D eigenvalue weighted by Gasteiger charge is 2.46. The van der Waals surface area contributed by atoms with E-state index in [1.165, 1.54) is 25.7 Å². The van der Waals surface area contributed by atoms with Gasteiger partial charge in [-0.1, -0.05) is 44.7 Å². The second-order valence-electron chi connectivity index (χ2n) is 3.59. The molecule has 0 heterocycles. The van der Waals surface area contributed by atoms with Gasteiger partial charge in [0.15, 0.2) is 0 Å². The minimum absolute atomic E-state index is 0.579. The van der Waals surface area contributed by atoms with Crippen molar-refractivity contribution in [1.29, 1.82) is 0 Å². The van der Waals surface area contributed by atoms with E-state index in [0.717, 1.165) is 17.8 Å². The molecule has 2 fully saturated rings. The summed E-state index contributed by atoms with van der Waals surface area (Å²) in [6.07, 6.45) is 5.91. The molecule has 0 radical (unpaired) electrons. The first-order valence-corrected chi connectivity index (χ1v) is 5.90. The van der Waals surface area contributed by atoms with Crippen molar-refractivity contribution < 1.29 is 0 Å². The van der Waals surface area contributed by atoms with Crippen molar-refractivity contribution in [3.8, 4) is 0 Å². The second-order valence-corrected chi connectivity index (χ2v) is 6.79. The Morgan fingerprint density at radius 2 is 2.00 bits per heavy atom. The smallest absolute Gasteiger partial charge is 0.0728 e. The van der Waals surface area contributed by atoms with E-state index in [9.17, 15) is 0 Å². The summed E-state index contributed by atoms with van der Waals surface area (Å²) in [5.74, 6) is 3.10. The maximum Gasteiger partial charge on any atom is 0.0728 e. The third-order valence-corrected chi connectivity index (χ3v) is 4.32. The van der Waals surface area contributed by atoms with E-state index in [-0.39, 0.29) is 0 Å². The highest BCUT2D eigenvalue weighted by Crippen LogP contribution is 2.55. The summed E-state index contributed by atoms with van der Waals surface area (Å²) in [7, 11) is 0. The highest BCUT2D eigenvalue weighted by atomic mass is 79.9. The first kappa shape index (κ1) is 7.60. The molecule has 2 aliphatic carbocycles. The van der Waals surface area contributed by atoms with Crippen LogP contribution in [-0.4, -0.2) is 3.74 Å². The Hall–Kier alpha value is 0.960. The Labute approximate surface area is 79.0 Å². The molecule has 0 aromatic rings. The Bertz CT molecular complexity index is 133. The fourth-order valence-electron chi connectivity index (χ4n) is 2.27. The molecule has 10 heavy (non-hydrogen) atoms. The molecule has 0 N–H and O–H groups in total. The summed E-state index contributed by atoms with van der Waals surface area (Å²) < 4.78 is 0.579. The van der Waals surface area contributed by atoms with Gasteiger partial charge in [0.25, 0.3) is 0 Å². The zero-order chi connectivity index (χ0) is 7.14. The lowest BCUT2D eigenvalue weighted by molar-refractivity contribution is 0.361. The molecule has 2 aliphatic rings. The third-order valence-electron chi connectivity index (χ3n) is 2.96. The van der Waals surface area contributed by atoms with E-state index >= 15 is 0 Å². The summed E-state index contributed by atoms with van der Waals surface area (Å²) in [5, 5.41) is 0. The minimum Gasteiger partial charge on any atom is -0.0762 e. The molecule has 3 atom stereocenters. The SMILES string of the molecule is BrC(Br)[C@@H]1CCC[C@H]2C[C@@H]21. The number of halogens is 2. The molecule has 2 rings (SSSR count). The number of alkyl halides is 2. The maximum atomic E-state index is 3.62. The Kier molecular flexibility index (Phi) is 2.11. The molecule has 0 bridgehead atoms. The molecule has 58 valence electrons. The topological polar surface area (TPSA) is 0 Å². The van der Waals surface area contributed by atoms with Crippen molar-refractivity contribution in [3.63, 3.8) is 0 Å². The van der Waals surface area contributed by atoms with Crippen LogP contribution in [0.25, 0.3) is 0 Å². The predicted molar refractivity (Wildman–Crippen MR) is 50.6 cm³/mol. The quantitative estimate of drug-likeness (QED) is 0.638. The number of rotatable bonds is 1. The third kappa shape index (κ3) is 1.29. The number of hydrogen-bond acceptors (Lipinski definition) is 0. The van der Waals surface area contributed by atoms with E-state index in [2.05, 4.69) is 31.9 Å². The van der Waals surface area contributed by atoms with Crippen LogP contribution >= 0.6 is 31.9 Å². The van der Waals surface area contributed by atoms with Gasteiger partial charge < -0.3 is 0 Å². The second kappa shape index (κ2) is 2.78. The summed E-state index contributed by atoms with van der Waals surface area (Å²) in [6, 6.07) is 0. The Morgan fingerprint density at radius 1 is 1.20 bits per heavy atom.